The Morgan fingerprint density at radius 3 is 2.04 bits per heavy atom. The molecule has 2 aromatic carbocycles. The molecule has 0 bridgehead atoms. The van der Waals surface area contributed by atoms with Gasteiger partial charge in [0.1, 0.15) is 0 Å². The Bertz CT molecular complexity index is 916. The van der Waals surface area contributed by atoms with Crippen LogP contribution in [0.15, 0.2) is 79.1 Å². The molecule has 4 N–H and O–H groups in total. The number of benzene rings is 2. The van der Waals surface area contributed by atoms with Crippen molar-refractivity contribution in [2.75, 3.05) is 0 Å². The predicted molar refractivity (Wildman–Crippen MR) is 110 cm³/mol. The molecule has 0 saturated heterocycles. The van der Waals surface area contributed by atoms with E-state index in [1.165, 1.54) is 6.42 Å². The monoisotopic (exact) mass is 345 g/mol. The zero-order chi connectivity index (χ0) is 18.8. The van der Waals surface area contributed by atoms with Crippen LogP contribution in [0.25, 0.3) is 11.4 Å². The van der Waals surface area contributed by atoms with Gasteiger partial charge in [-0.1, -0.05) is 80.9 Å². The summed E-state index contributed by atoms with van der Waals surface area (Å²) in [4.78, 5) is 4.14. The summed E-state index contributed by atoms with van der Waals surface area (Å²) in [6, 6.07) is 21.9. The van der Waals surface area contributed by atoms with Crippen molar-refractivity contribution in [2.24, 2.45) is 11.5 Å². The summed E-state index contributed by atoms with van der Waals surface area (Å²) in [5, 5.41) is 1.93. The lowest BCUT2D eigenvalue weighted by molar-refractivity contribution is 1.09. The Balaban J connectivity index is 0.000000758. The maximum Gasteiger partial charge on any atom is 0.0467 e. The first-order valence-corrected chi connectivity index (χ1v) is 8.95. The van der Waals surface area contributed by atoms with Crippen LogP contribution in [-0.2, 0) is 6.42 Å². The van der Waals surface area contributed by atoms with Gasteiger partial charge in [0, 0.05) is 40.6 Å². The SMILES string of the molecule is CCC.N/C(Cc1cccnc1)=c1/cccc/c1=C(/N)c1ccccc1. The van der Waals surface area contributed by atoms with E-state index in [1.54, 1.807) is 6.20 Å². The van der Waals surface area contributed by atoms with Crippen molar-refractivity contribution in [3.63, 3.8) is 0 Å². The van der Waals surface area contributed by atoms with Crippen LogP contribution in [0.5, 0.6) is 0 Å². The maximum absolute atomic E-state index is 6.38. The standard InChI is InChI=1S/C20H19N3.C3H8/c21-19(13-15-7-6-12-23-14-15)17-10-4-5-11-18(17)20(22)16-8-2-1-3-9-16;1-3-2/h1-12,14H,13,21-22H2;3H2,1-2H3/b19-17-,20-18-;. The molecular formula is C23H27N3. The molecule has 0 aliphatic heterocycles. The van der Waals surface area contributed by atoms with Gasteiger partial charge in [-0.05, 0) is 17.2 Å². The number of nitrogens with zero attached hydrogens (tertiary/aromatic N) is 1. The molecule has 3 aromatic rings. The fourth-order valence-corrected chi connectivity index (χ4v) is 2.59. The number of rotatable bonds is 3. The van der Waals surface area contributed by atoms with E-state index >= 15 is 0 Å². The summed E-state index contributed by atoms with van der Waals surface area (Å²) in [6.45, 7) is 4.25. The highest BCUT2D eigenvalue weighted by Gasteiger charge is 2.01. The quantitative estimate of drug-likeness (QED) is 0.767. The van der Waals surface area contributed by atoms with Crippen molar-refractivity contribution in [2.45, 2.75) is 26.7 Å². The van der Waals surface area contributed by atoms with Crippen LogP contribution in [0.3, 0.4) is 0 Å². The Morgan fingerprint density at radius 2 is 1.42 bits per heavy atom. The minimum Gasteiger partial charge on any atom is -0.401 e. The van der Waals surface area contributed by atoms with Crippen LogP contribution in [0.4, 0.5) is 0 Å². The number of nitrogens with two attached hydrogens (primary N) is 2. The Morgan fingerprint density at radius 1 is 0.808 bits per heavy atom. The topological polar surface area (TPSA) is 64.9 Å². The molecule has 1 heterocycles. The van der Waals surface area contributed by atoms with Crippen molar-refractivity contribution < 1.29 is 0 Å². The maximum atomic E-state index is 6.38. The number of hydrogen-bond acceptors (Lipinski definition) is 3. The lowest BCUT2D eigenvalue weighted by Crippen LogP contribution is -2.34. The van der Waals surface area contributed by atoms with E-state index < -0.39 is 0 Å². The van der Waals surface area contributed by atoms with E-state index in [0.717, 1.165) is 33.0 Å². The van der Waals surface area contributed by atoms with Gasteiger partial charge >= 0.3 is 0 Å². The van der Waals surface area contributed by atoms with Gasteiger partial charge in [-0.25, -0.2) is 0 Å². The minimum absolute atomic E-state index is 0.646. The predicted octanol–water partition coefficient (Wildman–Crippen LogP) is 2.92. The molecule has 0 aliphatic carbocycles. The molecule has 0 aliphatic rings. The van der Waals surface area contributed by atoms with E-state index in [4.69, 9.17) is 11.5 Å². The molecule has 0 spiro atoms. The number of hydrogen-bond donors (Lipinski definition) is 2. The highest BCUT2D eigenvalue weighted by Crippen LogP contribution is 2.04. The van der Waals surface area contributed by atoms with Crippen molar-refractivity contribution >= 4 is 11.4 Å². The molecule has 134 valence electrons. The molecule has 26 heavy (non-hydrogen) atoms. The first-order chi connectivity index (χ1) is 12.7. The molecule has 1 aromatic heterocycles. The van der Waals surface area contributed by atoms with Crippen LogP contribution < -0.4 is 21.9 Å². The van der Waals surface area contributed by atoms with E-state index in [1.807, 2.05) is 72.9 Å². The van der Waals surface area contributed by atoms with Gasteiger partial charge < -0.3 is 11.5 Å². The van der Waals surface area contributed by atoms with Gasteiger partial charge in [0.05, 0.1) is 0 Å². The van der Waals surface area contributed by atoms with Gasteiger partial charge in [0.25, 0.3) is 0 Å². The van der Waals surface area contributed by atoms with Gasteiger partial charge in [-0.3, -0.25) is 4.98 Å². The molecule has 3 nitrogen and oxygen atoms in total. The summed E-state index contributed by atoms with van der Waals surface area (Å²) in [5.41, 5.74) is 16.3. The Kier molecular flexibility index (Phi) is 7.44. The molecule has 0 atom stereocenters. The second-order valence-corrected chi connectivity index (χ2v) is 6.10. The van der Waals surface area contributed by atoms with Gasteiger partial charge in [-0.15, -0.1) is 0 Å². The summed E-state index contributed by atoms with van der Waals surface area (Å²) in [6.07, 6.45) is 5.49. The van der Waals surface area contributed by atoms with Crippen molar-refractivity contribution in [1.82, 2.24) is 4.98 Å². The fraction of sp³-hybridized carbons (Fsp3) is 0.174. The van der Waals surface area contributed by atoms with Gasteiger partial charge in [0.15, 0.2) is 0 Å². The van der Waals surface area contributed by atoms with Crippen LogP contribution in [0, 0.1) is 0 Å². The van der Waals surface area contributed by atoms with E-state index in [-0.39, 0.29) is 0 Å². The van der Waals surface area contributed by atoms with Crippen LogP contribution in [0.1, 0.15) is 31.4 Å². The Hall–Kier alpha value is -3.07. The highest BCUT2D eigenvalue weighted by molar-refractivity contribution is 5.63. The zero-order valence-electron chi connectivity index (χ0n) is 15.5. The van der Waals surface area contributed by atoms with Crippen LogP contribution in [-0.4, -0.2) is 4.98 Å². The van der Waals surface area contributed by atoms with Crippen LogP contribution in [0.2, 0.25) is 0 Å². The van der Waals surface area contributed by atoms with Crippen LogP contribution >= 0.6 is 0 Å². The molecule has 0 unspecified atom stereocenters. The second-order valence-electron chi connectivity index (χ2n) is 6.10. The third-order valence-electron chi connectivity index (χ3n) is 3.77. The highest BCUT2D eigenvalue weighted by atomic mass is 14.6. The molecule has 0 fully saturated rings. The first-order valence-electron chi connectivity index (χ1n) is 8.95. The summed E-state index contributed by atoms with van der Waals surface area (Å²) < 4.78 is 0. The molecule has 3 heteroatoms. The van der Waals surface area contributed by atoms with Crippen molar-refractivity contribution in [3.8, 4) is 0 Å². The summed E-state index contributed by atoms with van der Waals surface area (Å²) in [7, 11) is 0. The number of aromatic nitrogens is 1. The fourth-order valence-electron chi connectivity index (χ4n) is 2.59. The summed E-state index contributed by atoms with van der Waals surface area (Å²) >= 11 is 0. The third-order valence-corrected chi connectivity index (χ3v) is 3.77. The second kappa shape index (κ2) is 10.0. The van der Waals surface area contributed by atoms with E-state index in [9.17, 15) is 0 Å². The molecule has 0 saturated carbocycles. The largest absolute Gasteiger partial charge is 0.401 e. The third kappa shape index (κ3) is 5.21. The Labute approximate surface area is 155 Å². The van der Waals surface area contributed by atoms with E-state index in [0.29, 0.717) is 6.42 Å². The molecule has 3 rings (SSSR count). The molecule has 0 amide bonds. The minimum atomic E-state index is 0.646. The first kappa shape index (κ1) is 19.3. The average Bonchev–Trinajstić information content (AvgIpc) is 2.69. The van der Waals surface area contributed by atoms with Crippen molar-refractivity contribution in [1.29, 1.82) is 0 Å². The zero-order valence-corrected chi connectivity index (χ0v) is 15.5. The smallest absolute Gasteiger partial charge is 0.0467 e. The van der Waals surface area contributed by atoms with Gasteiger partial charge in [0.2, 0.25) is 0 Å². The lowest BCUT2D eigenvalue weighted by atomic mass is 10.1. The van der Waals surface area contributed by atoms with Gasteiger partial charge in [-0.2, -0.15) is 0 Å². The van der Waals surface area contributed by atoms with Crippen molar-refractivity contribution in [3.05, 3.63) is 101 Å². The van der Waals surface area contributed by atoms with E-state index in [2.05, 4.69) is 18.8 Å². The molecular weight excluding hydrogens is 318 g/mol. The summed E-state index contributed by atoms with van der Waals surface area (Å²) in [5.74, 6) is 0. The average molecular weight is 345 g/mol. The lowest BCUT2D eigenvalue weighted by Gasteiger charge is -2.05. The number of pyridine rings is 1. The normalized spacial score (nSPS) is 12.5. The molecule has 0 radical (unpaired) electrons.